The van der Waals surface area contributed by atoms with Crippen molar-refractivity contribution >= 4 is 35.2 Å². The van der Waals surface area contributed by atoms with Gasteiger partial charge in [-0.25, -0.2) is 0 Å². The molecule has 0 bridgehead atoms. The van der Waals surface area contributed by atoms with E-state index in [0.717, 1.165) is 23.3 Å². The minimum Gasteiger partial charge on any atom is -0.352 e. The molecule has 0 saturated carbocycles. The summed E-state index contributed by atoms with van der Waals surface area (Å²) in [6.45, 7) is 6.35. The second kappa shape index (κ2) is 14.1. The molecule has 0 spiro atoms. The van der Waals surface area contributed by atoms with Gasteiger partial charge in [0.25, 0.3) is 0 Å². The summed E-state index contributed by atoms with van der Waals surface area (Å²) < 4.78 is 0. The van der Waals surface area contributed by atoms with E-state index in [2.05, 4.69) is 30.4 Å². The third kappa shape index (κ3) is 8.42. The quantitative estimate of drug-likeness (QED) is 0.298. The third-order valence-electron chi connectivity index (χ3n) is 6.15. The van der Waals surface area contributed by atoms with Crippen molar-refractivity contribution in [2.75, 3.05) is 5.75 Å². The fraction of sp³-hybridized carbons (Fsp3) is 0.333. The van der Waals surface area contributed by atoms with E-state index < -0.39 is 6.04 Å². The van der Waals surface area contributed by atoms with Gasteiger partial charge < -0.3 is 10.2 Å². The van der Waals surface area contributed by atoms with Gasteiger partial charge in [-0.3, -0.25) is 9.59 Å². The van der Waals surface area contributed by atoms with Gasteiger partial charge in [0.1, 0.15) is 6.04 Å². The Hall–Kier alpha value is -2.76. The van der Waals surface area contributed by atoms with Crippen LogP contribution in [0.15, 0.2) is 78.9 Å². The molecule has 3 rings (SSSR count). The van der Waals surface area contributed by atoms with E-state index in [4.69, 9.17) is 11.6 Å². The highest BCUT2D eigenvalue weighted by molar-refractivity contribution is 7.99. The van der Waals surface area contributed by atoms with Crippen molar-refractivity contribution in [2.24, 2.45) is 0 Å². The number of nitrogens with one attached hydrogen (secondary N) is 1. The highest BCUT2D eigenvalue weighted by Crippen LogP contribution is 2.22. The Morgan fingerprint density at radius 1 is 0.972 bits per heavy atom. The minimum atomic E-state index is -0.648. The number of rotatable bonds is 12. The largest absolute Gasteiger partial charge is 0.352 e. The van der Waals surface area contributed by atoms with Crippen LogP contribution in [-0.4, -0.2) is 34.6 Å². The number of hydrogen-bond donors (Lipinski definition) is 1. The summed E-state index contributed by atoms with van der Waals surface area (Å²) in [5, 5.41) is 3.69. The molecular formula is C30H35ClN2O2S. The molecular weight excluding hydrogens is 488 g/mol. The van der Waals surface area contributed by atoms with Crippen molar-refractivity contribution < 1.29 is 9.59 Å². The van der Waals surface area contributed by atoms with Gasteiger partial charge in [0.05, 0.1) is 5.75 Å². The van der Waals surface area contributed by atoms with E-state index >= 15 is 0 Å². The molecule has 0 radical (unpaired) electrons. The molecule has 190 valence electrons. The van der Waals surface area contributed by atoms with E-state index in [0.29, 0.717) is 11.4 Å². The van der Waals surface area contributed by atoms with Crippen LogP contribution in [0, 0.1) is 6.92 Å². The van der Waals surface area contributed by atoms with Gasteiger partial charge in [0.2, 0.25) is 11.8 Å². The number of nitrogens with zero attached hydrogens (tertiary/aromatic N) is 1. The molecule has 2 atom stereocenters. The molecule has 36 heavy (non-hydrogen) atoms. The standard InChI is InChI=1S/C30H35ClN2O2S/c1-4-23(3)32-30(35)28(18-24-12-6-5-7-13-24)33(19-26-15-8-9-16-27(26)31)29(34)21-36-20-25-14-10-11-22(2)17-25/h5-17,23,28H,4,18-21H2,1-3H3,(H,32,35)/t23-,28-/m1/s1. The minimum absolute atomic E-state index is 0.0173. The first kappa shape index (κ1) is 27.8. The number of amides is 2. The lowest BCUT2D eigenvalue weighted by atomic mass is 10.0. The maximum Gasteiger partial charge on any atom is 0.243 e. The highest BCUT2D eigenvalue weighted by Gasteiger charge is 2.31. The first-order valence-electron chi connectivity index (χ1n) is 12.4. The number of halogens is 1. The fourth-order valence-electron chi connectivity index (χ4n) is 3.95. The maximum absolute atomic E-state index is 13.7. The Bertz CT molecular complexity index is 1140. The Morgan fingerprint density at radius 3 is 2.36 bits per heavy atom. The first-order chi connectivity index (χ1) is 17.4. The van der Waals surface area contributed by atoms with E-state index in [9.17, 15) is 9.59 Å². The van der Waals surface area contributed by atoms with E-state index in [1.165, 1.54) is 11.1 Å². The van der Waals surface area contributed by atoms with Gasteiger partial charge in [0, 0.05) is 29.8 Å². The number of thioether (sulfide) groups is 1. The van der Waals surface area contributed by atoms with Crippen molar-refractivity contribution in [1.82, 2.24) is 10.2 Å². The summed E-state index contributed by atoms with van der Waals surface area (Å²) in [5.74, 6) is 0.792. The number of carbonyl (C=O) groups excluding carboxylic acids is 2. The van der Waals surface area contributed by atoms with Crippen LogP contribution in [0.4, 0.5) is 0 Å². The molecule has 2 amide bonds. The van der Waals surface area contributed by atoms with Gasteiger partial charge in [-0.15, -0.1) is 11.8 Å². The lowest BCUT2D eigenvalue weighted by Crippen LogP contribution is -2.52. The summed E-state index contributed by atoms with van der Waals surface area (Å²) in [6.07, 6.45) is 1.25. The summed E-state index contributed by atoms with van der Waals surface area (Å²) >= 11 is 8.04. The van der Waals surface area contributed by atoms with Crippen molar-refractivity contribution in [3.8, 4) is 0 Å². The Balaban J connectivity index is 1.86. The topological polar surface area (TPSA) is 49.4 Å². The zero-order valence-electron chi connectivity index (χ0n) is 21.2. The monoisotopic (exact) mass is 522 g/mol. The van der Waals surface area contributed by atoms with Gasteiger partial charge in [-0.1, -0.05) is 96.9 Å². The van der Waals surface area contributed by atoms with Crippen molar-refractivity contribution in [1.29, 1.82) is 0 Å². The maximum atomic E-state index is 13.7. The molecule has 0 fully saturated rings. The Kier molecular flexibility index (Phi) is 10.9. The predicted octanol–water partition coefficient (Wildman–Crippen LogP) is 6.44. The normalized spacial score (nSPS) is 12.6. The lowest BCUT2D eigenvalue weighted by molar-refractivity contribution is -0.139. The molecule has 0 heterocycles. The molecule has 1 N–H and O–H groups in total. The van der Waals surface area contributed by atoms with Crippen molar-refractivity contribution in [2.45, 2.75) is 58.0 Å². The highest BCUT2D eigenvalue weighted by atomic mass is 35.5. The number of benzene rings is 3. The van der Waals surface area contributed by atoms with Gasteiger partial charge >= 0.3 is 0 Å². The summed E-state index contributed by atoms with van der Waals surface area (Å²) in [6, 6.07) is 25.0. The molecule has 0 aliphatic carbocycles. The van der Waals surface area contributed by atoms with Crippen LogP contribution in [0.2, 0.25) is 5.02 Å². The predicted molar refractivity (Wildman–Crippen MR) is 151 cm³/mol. The summed E-state index contributed by atoms with van der Waals surface area (Å²) in [7, 11) is 0. The van der Waals surface area contributed by atoms with Crippen LogP contribution < -0.4 is 5.32 Å². The van der Waals surface area contributed by atoms with E-state index in [1.807, 2.05) is 74.5 Å². The molecule has 0 saturated heterocycles. The Morgan fingerprint density at radius 2 is 1.67 bits per heavy atom. The van der Waals surface area contributed by atoms with Gasteiger partial charge in [-0.2, -0.15) is 0 Å². The van der Waals surface area contributed by atoms with Crippen molar-refractivity contribution in [3.63, 3.8) is 0 Å². The molecule has 0 aromatic heterocycles. The van der Waals surface area contributed by atoms with Crippen LogP contribution in [0.5, 0.6) is 0 Å². The zero-order valence-corrected chi connectivity index (χ0v) is 22.8. The molecule has 0 aliphatic rings. The molecule has 3 aromatic carbocycles. The van der Waals surface area contributed by atoms with E-state index in [1.54, 1.807) is 16.7 Å². The van der Waals surface area contributed by atoms with E-state index in [-0.39, 0.29) is 30.2 Å². The van der Waals surface area contributed by atoms with Crippen LogP contribution in [-0.2, 0) is 28.3 Å². The summed E-state index contributed by atoms with van der Waals surface area (Å²) in [4.78, 5) is 28.9. The van der Waals surface area contributed by atoms with Crippen LogP contribution in [0.25, 0.3) is 0 Å². The fourth-order valence-corrected chi connectivity index (χ4v) is 5.00. The first-order valence-corrected chi connectivity index (χ1v) is 13.9. The smallest absolute Gasteiger partial charge is 0.243 e. The number of hydrogen-bond acceptors (Lipinski definition) is 3. The van der Waals surface area contributed by atoms with Crippen molar-refractivity contribution in [3.05, 3.63) is 106 Å². The molecule has 3 aromatic rings. The van der Waals surface area contributed by atoms with Crippen LogP contribution in [0.1, 0.15) is 42.5 Å². The number of aryl methyl sites for hydroxylation is 1. The average molecular weight is 523 g/mol. The molecule has 4 nitrogen and oxygen atoms in total. The zero-order chi connectivity index (χ0) is 25.9. The summed E-state index contributed by atoms with van der Waals surface area (Å²) in [5.41, 5.74) is 4.21. The lowest BCUT2D eigenvalue weighted by Gasteiger charge is -2.32. The Labute approximate surface area is 224 Å². The van der Waals surface area contributed by atoms with Crippen LogP contribution in [0.3, 0.4) is 0 Å². The number of carbonyl (C=O) groups is 2. The van der Waals surface area contributed by atoms with Gasteiger partial charge in [-0.05, 0) is 43.0 Å². The van der Waals surface area contributed by atoms with Crippen LogP contribution >= 0.6 is 23.4 Å². The third-order valence-corrected chi connectivity index (χ3v) is 7.50. The van der Waals surface area contributed by atoms with Gasteiger partial charge in [0.15, 0.2) is 0 Å². The molecule has 0 aliphatic heterocycles. The molecule has 6 heteroatoms. The second-order valence-electron chi connectivity index (χ2n) is 9.12. The average Bonchev–Trinajstić information content (AvgIpc) is 2.87. The second-order valence-corrected chi connectivity index (χ2v) is 10.5. The molecule has 0 unspecified atom stereocenters. The SMILES string of the molecule is CC[C@@H](C)NC(=O)[C@@H](Cc1ccccc1)N(Cc1ccccc1Cl)C(=O)CSCc1cccc(C)c1.